The van der Waals surface area contributed by atoms with Crippen LogP contribution in [-0.4, -0.2) is 36.4 Å². The van der Waals surface area contributed by atoms with Gasteiger partial charge in [-0.2, -0.15) is 0 Å². The van der Waals surface area contributed by atoms with Crippen molar-refractivity contribution in [1.82, 2.24) is 0 Å². The van der Waals surface area contributed by atoms with Gasteiger partial charge in [0.15, 0.2) is 0 Å². The van der Waals surface area contributed by atoms with Crippen LogP contribution in [0.4, 0.5) is 0 Å². The summed E-state index contributed by atoms with van der Waals surface area (Å²) >= 11 is 0. The number of carbonyl (C=O) groups is 2. The van der Waals surface area contributed by atoms with Crippen molar-refractivity contribution < 1.29 is 24.2 Å². The lowest BCUT2D eigenvalue weighted by Crippen LogP contribution is -2.33. The molecule has 5 heteroatoms. The minimum atomic E-state index is -0.951. The van der Waals surface area contributed by atoms with Gasteiger partial charge in [-0.25, -0.2) is 4.79 Å². The molecule has 0 aromatic heterocycles. The number of hydrogen-bond acceptors (Lipinski definition) is 4. The molecule has 0 saturated carbocycles. The third kappa shape index (κ3) is 2.55. The van der Waals surface area contributed by atoms with Crippen LogP contribution >= 0.6 is 0 Å². The van der Waals surface area contributed by atoms with E-state index in [0.717, 1.165) is 0 Å². The van der Waals surface area contributed by atoms with Gasteiger partial charge in [-0.1, -0.05) is 0 Å². The summed E-state index contributed by atoms with van der Waals surface area (Å²) < 4.78 is 9.41. The van der Waals surface area contributed by atoms with Crippen LogP contribution < -0.4 is 0 Å². The maximum Gasteiger partial charge on any atom is 0.332 e. The Morgan fingerprint density at radius 2 is 2.45 bits per heavy atom. The van der Waals surface area contributed by atoms with Gasteiger partial charge in [0.2, 0.25) is 0 Å². The van der Waals surface area contributed by atoms with Crippen molar-refractivity contribution in [3.63, 3.8) is 0 Å². The number of hydrogen-bond donors (Lipinski definition) is 1. The van der Waals surface area contributed by atoms with E-state index in [1.165, 1.54) is 0 Å². The van der Waals surface area contributed by atoms with E-state index in [1.54, 1.807) is 0 Å². The van der Waals surface area contributed by atoms with E-state index in [-0.39, 0.29) is 19.6 Å². The number of aliphatic carboxylic acids is 1. The molecular weight excluding hydrogens is 152 g/mol. The van der Waals surface area contributed by atoms with Crippen molar-refractivity contribution in [2.24, 2.45) is 0 Å². The fourth-order valence-electron chi connectivity index (χ4n) is 0.774. The van der Waals surface area contributed by atoms with Crippen molar-refractivity contribution in [3.8, 4) is 0 Å². The lowest BCUT2D eigenvalue weighted by atomic mass is 10.2. The predicted molar refractivity (Wildman–Crippen MR) is 33.0 cm³/mol. The third-order valence-corrected chi connectivity index (χ3v) is 1.27. The average molecular weight is 160 g/mol. The molecule has 1 atom stereocenters. The van der Waals surface area contributed by atoms with Gasteiger partial charge in [-0.3, -0.25) is 4.79 Å². The first-order valence-electron chi connectivity index (χ1n) is 3.17. The summed E-state index contributed by atoms with van der Waals surface area (Å²) in [5, 5.41) is 8.31. The van der Waals surface area contributed by atoms with E-state index in [2.05, 4.69) is 4.74 Å². The van der Waals surface area contributed by atoms with Gasteiger partial charge in [-0.15, -0.1) is 0 Å². The molecule has 0 amide bonds. The van der Waals surface area contributed by atoms with E-state index >= 15 is 0 Å². The number of cyclic esters (lactones) is 1. The molecule has 1 N–H and O–H groups in total. The molecule has 5 nitrogen and oxygen atoms in total. The summed E-state index contributed by atoms with van der Waals surface area (Å²) in [6.07, 6.45) is -0.599. The minimum Gasteiger partial charge on any atom is -0.481 e. The molecule has 1 fully saturated rings. The summed E-state index contributed by atoms with van der Waals surface area (Å²) in [6, 6.07) is 0. The Balaban J connectivity index is 2.28. The van der Waals surface area contributed by atoms with Gasteiger partial charge in [0, 0.05) is 0 Å². The first-order chi connectivity index (χ1) is 5.18. The molecule has 0 bridgehead atoms. The lowest BCUT2D eigenvalue weighted by molar-refractivity contribution is -0.171. The number of carboxylic acids is 1. The predicted octanol–water partition coefficient (Wildman–Crippen LogP) is -0.597. The second-order valence-electron chi connectivity index (χ2n) is 2.21. The molecule has 62 valence electrons. The second-order valence-corrected chi connectivity index (χ2v) is 2.21. The molecule has 1 rings (SSSR count). The highest BCUT2D eigenvalue weighted by atomic mass is 16.6. The first-order valence-corrected chi connectivity index (χ1v) is 3.17. The molecule has 1 heterocycles. The smallest absolute Gasteiger partial charge is 0.332 e. The van der Waals surface area contributed by atoms with E-state index in [4.69, 9.17) is 9.84 Å². The van der Waals surface area contributed by atoms with Gasteiger partial charge < -0.3 is 14.6 Å². The fourth-order valence-corrected chi connectivity index (χ4v) is 0.774. The average Bonchev–Trinajstić information content (AvgIpc) is 1.93. The van der Waals surface area contributed by atoms with Gasteiger partial charge in [0.25, 0.3) is 0 Å². The van der Waals surface area contributed by atoms with E-state index < -0.39 is 18.0 Å². The number of carboxylic acid groups (broad SMARTS) is 1. The molecular formula is C6H8O5. The summed E-state index contributed by atoms with van der Waals surface area (Å²) in [6.45, 7) is -0.0942. The maximum absolute atomic E-state index is 10.4. The van der Waals surface area contributed by atoms with Crippen LogP contribution in [0.1, 0.15) is 6.42 Å². The van der Waals surface area contributed by atoms with Crippen molar-refractivity contribution >= 4 is 11.9 Å². The number of carbonyl (C=O) groups excluding carboxylic acids is 1. The maximum atomic E-state index is 10.4. The number of esters is 1. The molecule has 11 heavy (non-hydrogen) atoms. The van der Waals surface area contributed by atoms with Gasteiger partial charge in [-0.05, 0) is 0 Å². The minimum absolute atomic E-state index is 0.0468. The summed E-state index contributed by atoms with van der Waals surface area (Å²) in [5.41, 5.74) is 0. The summed E-state index contributed by atoms with van der Waals surface area (Å²) in [4.78, 5) is 20.5. The largest absolute Gasteiger partial charge is 0.481 e. The van der Waals surface area contributed by atoms with Crippen LogP contribution in [0.5, 0.6) is 0 Å². The van der Waals surface area contributed by atoms with E-state index in [0.29, 0.717) is 0 Å². The zero-order chi connectivity index (χ0) is 8.27. The molecule has 0 spiro atoms. The Hall–Kier alpha value is -1.10. The van der Waals surface area contributed by atoms with E-state index in [1.807, 2.05) is 0 Å². The SMILES string of the molecule is O=C(O)CC1COC(=O)CO1. The standard InChI is InChI=1S/C6H8O5/c7-5(8)1-4-2-11-6(9)3-10-4/h4H,1-3H2,(H,7,8). The fraction of sp³-hybridized carbons (Fsp3) is 0.667. The third-order valence-electron chi connectivity index (χ3n) is 1.27. The summed E-state index contributed by atoms with van der Waals surface area (Å²) in [7, 11) is 0. The van der Waals surface area contributed by atoms with Crippen molar-refractivity contribution in [3.05, 3.63) is 0 Å². The van der Waals surface area contributed by atoms with Crippen molar-refractivity contribution in [2.45, 2.75) is 12.5 Å². The number of rotatable bonds is 2. The van der Waals surface area contributed by atoms with Crippen molar-refractivity contribution in [2.75, 3.05) is 13.2 Å². The quantitative estimate of drug-likeness (QED) is 0.546. The van der Waals surface area contributed by atoms with E-state index in [9.17, 15) is 9.59 Å². The van der Waals surface area contributed by atoms with Crippen LogP contribution in [0.25, 0.3) is 0 Å². The monoisotopic (exact) mass is 160 g/mol. The Morgan fingerprint density at radius 1 is 1.73 bits per heavy atom. The second kappa shape index (κ2) is 3.34. The Kier molecular flexibility index (Phi) is 2.43. The Labute approximate surface area is 62.9 Å². The molecule has 1 saturated heterocycles. The zero-order valence-corrected chi connectivity index (χ0v) is 5.78. The highest BCUT2D eigenvalue weighted by Gasteiger charge is 2.22. The van der Waals surface area contributed by atoms with Crippen LogP contribution in [0.2, 0.25) is 0 Å². The first kappa shape index (κ1) is 8.00. The highest BCUT2D eigenvalue weighted by Crippen LogP contribution is 2.05. The van der Waals surface area contributed by atoms with Crippen LogP contribution in [-0.2, 0) is 19.1 Å². The molecule has 1 aliphatic heterocycles. The molecule has 1 unspecified atom stereocenters. The molecule has 0 aliphatic carbocycles. The van der Waals surface area contributed by atoms with Crippen LogP contribution in [0.15, 0.2) is 0 Å². The Morgan fingerprint density at radius 3 is 2.91 bits per heavy atom. The lowest BCUT2D eigenvalue weighted by Gasteiger charge is -2.20. The summed E-state index contributed by atoms with van der Waals surface area (Å²) in [5.74, 6) is -1.39. The van der Waals surface area contributed by atoms with Crippen molar-refractivity contribution in [1.29, 1.82) is 0 Å². The topological polar surface area (TPSA) is 72.8 Å². The van der Waals surface area contributed by atoms with Gasteiger partial charge in [0.1, 0.15) is 19.3 Å². The zero-order valence-electron chi connectivity index (χ0n) is 5.78. The van der Waals surface area contributed by atoms with Gasteiger partial charge >= 0.3 is 11.9 Å². The van der Waals surface area contributed by atoms with Crippen LogP contribution in [0, 0.1) is 0 Å². The number of ether oxygens (including phenoxy) is 2. The molecule has 0 aromatic carbocycles. The molecule has 0 radical (unpaired) electrons. The van der Waals surface area contributed by atoms with Crippen LogP contribution in [0.3, 0.4) is 0 Å². The molecule has 0 aromatic rings. The normalized spacial score (nSPS) is 24.4. The molecule has 1 aliphatic rings. The highest BCUT2D eigenvalue weighted by molar-refractivity contribution is 5.72. The van der Waals surface area contributed by atoms with Gasteiger partial charge in [0.05, 0.1) is 6.42 Å². The Bertz CT molecular complexity index is 166.